The Morgan fingerprint density at radius 1 is 1.32 bits per heavy atom. The molecule has 0 saturated heterocycles. The van der Waals surface area contributed by atoms with Gasteiger partial charge in [0.2, 0.25) is 0 Å². The predicted octanol–water partition coefficient (Wildman–Crippen LogP) is 2.15. The number of benzene rings is 1. The summed E-state index contributed by atoms with van der Waals surface area (Å²) in [5.74, 6) is -1.35. The van der Waals surface area contributed by atoms with Gasteiger partial charge in [-0.05, 0) is 38.5 Å². The molecule has 0 bridgehead atoms. The van der Waals surface area contributed by atoms with Gasteiger partial charge in [0.1, 0.15) is 5.60 Å². The number of carboxylic acid groups (broad SMARTS) is 1. The minimum atomic E-state index is -1.62. The summed E-state index contributed by atoms with van der Waals surface area (Å²) in [6.45, 7) is 5.20. The van der Waals surface area contributed by atoms with Gasteiger partial charge in [0, 0.05) is 5.69 Å². The second-order valence-corrected chi connectivity index (χ2v) is 4.99. The van der Waals surface area contributed by atoms with Crippen molar-refractivity contribution in [3.8, 4) is 0 Å². The quantitative estimate of drug-likeness (QED) is 0.779. The lowest BCUT2D eigenvalue weighted by atomic mass is 10.1. The SMILES string of the molecule is CC(C)(C)OC(=O)Nc1cccc(C(O)C(=O)O)c1. The number of rotatable bonds is 3. The molecule has 1 atom stereocenters. The number of nitrogens with one attached hydrogen (secondary N) is 1. The second kappa shape index (κ2) is 5.71. The van der Waals surface area contributed by atoms with Crippen molar-refractivity contribution in [1.29, 1.82) is 0 Å². The molecule has 0 saturated carbocycles. The Labute approximate surface area is 111 Å². The van der Waals surface area contributed by atoms with E-state index in [4.69, 9.17) is 9.84 Å². The number of aliphatic hydroxyl groups is 1. The number of amides is 1. The molecule has 0 aliphatic rings. The van der Waals surface area contributed by atoms with Crippen LogP contribution in [0.2, 0.25) is 0 Å². The largest absolute Gasteiger partial charge is 0.479 e. The second-order valence-electron chi connectivity index (χ2n) is 4.99. The molecule has 0 aliphatic heterocycles. The lowest BCUT2D eigenvalue weighted by molar-refractivity contribution is -0.146. The van der Waals surface area contributed by atoms with Gasteiger partial charge in [-0.2, -0.15) is 0 Å². The average molecular weight is 267 g/mol. The first-order valence-electron chi connectivity index (χ1n) is 5.70. The van der Waals surface area contributed by atoms with Crippen molar-refractivity contribution in [3.05, 3.63) is 29.8 Å². The average Bonchev–Trinajstić information content (AvgIpc) is 2.25. The van der Waals surface area contributed by atoms with Crippen LogP contribution in [0, 0.1) is 0 Å². The zero-order chi connectivity index (χ0) is 14.6. The van der Waals surface area contributed by atoms with E-state index in [0.717, 1.165) is 0 Å². The molecule has 0 heterocycles. The topological polar surface area (TPSA) is 95.9 Å². The zero-order valence-electron chi connectivity index (χ0n) is 11.0. The summed E-state index contributed by atoms with van der Waals surface area (Å²) >= 11 is 0. The van der Waals surface area contributed by atoms with Crippen LogP contribution in [-0.4, -0.2) is 27.9 Å². The molecule has 1 aromatic rings. The van der Waals surface area contributed by atoms with Gasteiger partial charge in [0.25, 0.3) is 0 Å². The minimum absolute atomic E-state index is 0.182. The van der Waals surface area contributed by atoms with Crippen LogP contribution in [0.25, 0.3) is 0 Å². The third-order valence-corrected chi connectivity index (χ3v) is 2.08. The number of hydrogen-bond acceptors (Lipinski definition) is 4. The van der Waals surface area contributed by atoms with Crippen molar-refractivity contribution >= 4 is 17.7 Å². The lowest BCUT2D eigenvalue weighted by Crippen LogP contribution is -2.27. The van der Waals surface area contributed by atoms with Gasteiger partial charge in [-0.25, -0.2) is 9.59 Å². The lowest BCUT2D eigenvalue weighted by Gasteiger charge is -2.19. The maximum atomic E-state index is 11.5. The molecule has 6 heteroatoms. The van der Waals surface area contributed by atoms with Gasteiger partial charge < -0.3 is 14.9 Å². The van der Waals surface area contributed by atoms with Crippen LogP contribution in [0.15, 0.2) is 24.3 Å². The molecule has 6 nitrogen and oxygen atoms in total. The number of aliphatic carboxylic acids is 1. The van der Waals surface area contributed by atoms with E-state index >= 15 is 0 Å². The molecule has 1 unspecified atom stereocenters. The highest BCUT2D eigenvalue weighted by molar-refractivity contribution is 5.85. The van der Waals surface area contributed by atoms with Crippen molar-refractivity contribution in [3.63, 3.8) is 0 Å². The van der Waals surface area contributed by atoms with E-state index in [-0.39, 0.29) is 5.56 Å². The van der Waals surface area contributed by atoms with Crippen LogP contribution in [0.5, 0.6) is 0 Å². The van der Waals surface area contributed by atoms with Crippen LogP contribution in [0.1, 0.15) is 32.4 Å². The van der Waals surface area contributed by atoms with E-state index < -0.39 is 23.8 Å². The third kappa shape index (κ3) is 4.97. The van der Waals surface area contributed by atoms with Gasteiger partial charge in [0.05, 0.1) is 0 Å². The molecule has 19 heavy (non-hydrogen) atoms. The van der Waals surface area contributed by atoms with Crippen LogP contribution in [0.4, 0.5) is 10.5 Å². The number of aliphatic hydroxyl groups excluding tert-OH is 1. The van der Waals surface area contributed by atoms with Crippen molar-refractivity contribution in [1.82, 2.24) is 0 Å². The van der Waals surface area contributed by atoms with E-state index in [1.807, 2.05) is 0 Å². The number of carboxylic acids is 1. The Hall–Kier alpha value is -2.08. The number of anilines is 1. The molecule has 1 aromatic carbocycles. The molecule has 0 spiro atoms. The van der Waals surface area contributed by atoms with Gasteiger partial charge in [0.15, 0.2) is 6.10 Å². The fourth-order valence-electron chi connectivity index (χ4n) is 1.35. The van der Waals surface area contributed by atoms with Crippen LogP contribution < -0.4 is 5.32 Å². The summed E-state index contributed by atoms with van der Waals surface area (Å²) in [7, 11) is 0. The van der Waals surface area contributed by atoms with Gasteiger partial charge in [-0.3, -0.25) is 5.32 Å². The summed E-state index contributed by atoms with van der Waals surface area (Å²) in [4.78, 5) is 22.2. The Bertz CT molecular complexity index is 478. The first-order chi connectivity index (χ1) is 8.69. The predicted molar refractivity (Wildman–Crippen MR) is 68.9 cm³/mol. The highest BCUT2D eigenvalue weighted by Gasteiger charge is 2.18. The first kappa shape index (κ1) is 15.0. The molecule has 0 aromatic heterocycles. The van der Waals surface area contributed by atoms with Crippen molar-refractivity contribution in [2.45, 2.75) is 32.5 Å². The summed E-state index contributed by atoms with van der Waals surface area (Å²) in [6, 6.07) is 5.94. The summed E-state index contributed by atoms with van der Waals surface area (Å²) in [6.07, 6.45) is -2.27. The number of ether oxygens (including phenoxy) is 1. The van der Waals surface area contributed by atoms with Crippen LogP contribution in [-0.2, 0) is 9.53 Å². The Balaban J connectivity index is 2.78. The van der Waals surface area contributed by atoms with Gasteiger partial charge >= 0.3 is 12.1 Å². The fourth-order valence-corrected chi connectivity index (χ4v) is 1.35. The number of carbonyl (C=O) groups excluding carboxylic acids is 1. The molecular formula is C13H17NO5. The Kier molecular flexibility index (Phi) is 4.50. The maximum Gasteiger partial charge on any atom is 0.412 e. The molecule has 0 fully saturated rings. The molecule has 3 N–H and O–H groups in total. The molecule has 0 aliphatic carbocycles. The van der Waals surface area contributed by atoms with Gasteiger partial charge in [-0.15, -0.1) is 0 Å². The Morgan fingerprint density at radius 2 is 1.95 bits per heavy atom. The first-order valence-corrected chi connectivity index (χ1v) is 5.70. The number of hydrogen-bond donors (Lipinski definition) is 3. The Morgan fingerprint density at radius 3 is 2.47 bits per heavy atom. The number of carbonyl (C=O) groups is 2. The monoisotopic (exact) mass is 267 g/mol. The standard InChI is InChI=1S/C13H17NO5/c1-13(2,3)19-12(18)14-9-6-4-5-8(7-9)10(15)11(16)17/h4-7,10,15H,1-3H3,(H,14,18)(H,16,17). The minimum Gasteiger partial charge on any atom is -0.479 e. The maximum absolute atomic E-state index is 11.5. The van der Waals surface area contributed by atoms with E-state index in [0.29, 0.717) is 5.69 Å². The van der Waals surface area contributed by atoms with Crippen molar-refractivity contribution in [2.24, 2.45) is 0 Å². The van der Waals surface area contributed by atoms with E-state index in [1.165, 1.54) is 18.2 Å². The highest BCUT2D eigenvalue weighted by atomic mass is 16.6. The van der Waals surface area contributed by atoms with E-state index in [1.54, 1.807) is 26.8 Å². The van der Waals surface area contributed by atoms with Crippen molar-refractivity contribution < 1.29 is 24.5 Å². The smallest absolute Gasteiger partial charge is 0.412 e. The molecule has 0 radical (unpaired) electrons. The van der Waals surface area contributed by atoms with Crippen LogP contribution in [0.3, 0.4) is 0 Å². The molecule has 1 rings (SSSR count). The summed E-state index contributed by atoms with van der Waals surface area (Å²) < 4.78 is 5.06. The zero-order valence-corrected chi connectivity index (χ0v) is 11.0. The van der Waals surface area contributed by atoms with Crippen molar-refractivity contribution in [2.75, 3.05) is 5.32 Å². The summed E-state index contributed by atoms with van der Waals surface area (Å²) in [5.41, 5.74) is -0.0875. The fraction of sp³-hybridized carbons (Fsp3) is 0.385. The van der Waals surface area contributed by atoms with Gasteiger partial charge in [-0.1, -0.05) is 12.1 Å². The molecule has 1 amide bonds. The highest BCUT2D eigenvalue weighted by Crippen LogP contribution is 2.18. The van der Waals surface area contributed by atoms with Crippen LogP contribution >= 0.6 is 0 Å². The molecule has 104 valence electrons. The molecular weight excluding hydrogens is 250 g/mol. The summed E-state index contributed by atoms with van der Waals surface area (Å²) in [5, 5.41) is 20.6. The van der Waals surface area contributed by atoms with E-state index in [9.17, 15) is 14.7 Å². The third-order valence-electron chi connectivity index (χ3n) is 2.08. The van der Waals surface area contributed by atoms with E-state index in [2.05, 4.69) is 5.32 Å². The normalized spacial score (nSPS) is 12.6.